The third kappa shape index (κ3) is 8.89. The Balaban J connectivity index is 3.26. The molecule has 0 bridgehead atoms. The molecule has 244 valence electrons. The highest BCUT2D eigenvalue weighted by Gasteiger charge is 2.43. The molecule has 1 aliphatic rings. The number of hydrogen-bond donors (Lipinski definition) is 1. The summed E-state index contributed by atoms with van der Waals surface area (Å²) in [5.74, 6) is -1.63. The first-order valence-electron chi connectivity index (χ1n) is 15.2. The van der Waals surface area contributed by atoms with Crippen LogP contribution in [0.2, 0.25) is 0 Å². The molecule has 1 saturated heterocycles. The molecule has 1 heterocycles. The van der Waals surface area contributed by atoms with Gasteiger partial charge in [0.2, 0.25) is 17.7 Å². The average Bonchev–Trinajstić information content (AvgIpc) is 3.43. The van der Waals surface area contributed by atoms with E-state index in [1.165, 1.54) is 7.11 Å². The number of likely N-dealkylation sites (N-methyl/N-ethyl adjacent to an activating group) is 2. The highest BCUT2D eigenvalue weighted by atomic mass is 16.5. The summed E-state index contributed by atoms with van der Waals surface area (Å²) >= 11 is 0. The monoisotopic (exact) mass is 598 g/mol. The van der Waals surface area contributed by atoms with E-state index in [2.05, 4.69) is 5.32 Å². The van der Waals surface area contributed by atoms with Gasteiger partial charge in [-0.15, -0.1) is 0 Å². The molecule has 11 heteroatoms. The van der Waals surface area contributed by atoms with Crippen LogP contribution in [0.15, 0.2) is 0 Å². The maximum absolute atomic E-state index is 14.0. The molecule has 0 aliphatic carbocycles. The average molecular weight is 599 g/mol. The second kappa shape index (κ2) is 16.6. The molecule has 1 fully saturated rings. The number of nitrogens with one attached hydrogen (secondary N) is 1. The summed E-state index contributed by atoms with van der Waals surface area (Å²) in [4.78, 5) is 58.5. The van der Waals surface area contributed by atoms with E-state index in [1.54, 1.807) is 38.0 Å². The second-order valence-electron chi connectivity index (χ2n) is 12.8. The molecule has 11 nitrogen and oxygen atoms in total. The minimum atomic E-state index is -0.804. The van der Waals surface area contributed by atoms with Gasteiger partial charge < -0.3 is 29.3 Å². The highest BCUT2D eigenvalue weighted by Crippen LogP contribution is 2.29. The van der Waals surface area contributed by atoms with Crippen LogP contribution in [-0.4, -0.2) is 123 Å². The topological polar surface area (TPSA) is 118 Å². The van der Waals surface area contributed by atoms with Crippen molar-refractivity contribution in [2.24, 2.45) is 17.8 Å². The van der Waals surface area contributed by atoms with Gasteiger partial charge in [0, 0.05) is 27.8 Å². The molecule has 0 spiro atoms. The summed E-state index contributed by atoms with van der Waals surface area (Å²) in [6, 6.07) is -1.42. The van der Waals surface area contributed by atoms with E-state index < -0.39 is 35.7 Å². The van der Waals surface area contributed by atoms with Crippen LogP contribution in [0, 0.1) is 17.8 Å². The maximum atomic E-state index is 14.0. The van der Waals surface area contributed by atoms with Gasteiger partial charge in [-0.2, -0.15) is 0 Å². The van der Waals surface area contributed by atoms with E-state index in [9.17, 15) is 19.2 Å². The molecule has 0 aromatic carbocycles. The molecule has 0 saturated carbocycles. The third-order valence-electron chi connectivity index (χ3n) is 9.31. The van der Waals surface area contributed by atoms with Crippen LogP contribution >= 0.6 is 0 Å². The van der Waals surface area contributed by atoms with Crippen molar-refractivity contribution in [1.29, 1.82) is 0 Å². The fourth-order valence-electron chi connectivity index (χ4n) is 5.73. The van der Waals surface area contributed by atoms with Crippen LogP contribution in [0.1, 0.15) is 74.1 Å². The lowest BCUT2D eigenvalue weighted by Crippen LogP contribution is -2.61. The summed E-state index contributed by atoms with van der Waals surface area (Å²) in [6.45, 7) is 13.8. The summed E-state index contributed by atoms with van der Waals surface area (Å²) < 4.78 is 16.6. The second-order valence-corrected chi connectivity index (χ2v) is 12.8. The van der Waals surface area contributed by atoms with Crippen LogP contribution in [0.25, 0.3) is 0 Å². The lowest BCUT2D eigenvalue weighted by molar-refractivity contribution is -0.154. The van der Waals surface area contributed by atoms with Crippen molar-refractivity contribution in [3.05, 3.63) is 0 Å². The predicted octanol–water partition coefficient (Wildman–Crippen LogP) is 2.56. The number of carbonyl (C=O) groups is 4. The Hall–Kier alpha value is -2.24. The fraction of sp³-hybridized carbons (Fsp3) is 0.871. The smallest absolute Gasteiger partial charge is 0.311 e. The first-order chi connectivity index (χ1) is 19.5. The summed E-state index contributed by atoms with van der Waals surface area (Å²) in [5.41, 5.74) is -0.804. The molecule has 3 amide bonds. The van der Waals surface area contributed by atoms with Crippen LogP contribution < -0.4 is 5.32 Å². The number of esters is 1. The quantitative estimate of drug-likeness (QED) is 0.270. The molecule has 0 aromatic rings. The van der Waals surface area contributed by atoms with Crippen molar-refractivity contribution in [3.8, 4) is 0 Å². The van der Waals surface area contributed by atoms with Crippen molar-refractivity contribution in [2.75, 3.05) is 49.0 Å². The number of carbonyl (C=O) groups excluding carboxylic acids is 4. The largest absolute Gasteiger partial charge is 0.469 e. The Morgan fingerprint density at radius 2 is 1.60 bits per heavy atom. The van der Waals surface area contributed by atoms with Gasteiger partial charge in [0.1, 0.15) is 6.04 Å². The Morgan fingerprint density at radius 1 is 1.00 bits per heavy atom. The lowest BCUT2D eigenvalue weighted by atomic mass is 9.89. The van der Waals surface area contributed by atoms with E-state index >= 15 is 0 Å². The van der Waals surface area contributed by atoms with E-state index in [-0.39, 0.29) is 48.0 Å². The van der Waals surface area contributed by atoms with Crippen molar-refractivity contribution in [3.63, 3.8) is 0 Å². The molecule has 6 unspecified atom stereocenters. The van der Waals surface area contributed by atoms with Gasteiger partial charge in [-0.1, -0.05) is 34.1 Å². The summed E-state index contributed by atoms with van der Waals surface area (Å²) in [7, 11) is 9.83. The highest BCUT2D eigenvalue weighted by molar-refractivity contribution is 5.92. The fourth-order valence-corrected chi connectivity index (χ4v) is 5.73. The normalized spacial score (nSPS) is 20.1. The molecule has 1 aliphatic heterocycles. The van der Waals surface area contributed by atoms with Gasteiger partial charge in [-0.3, -0.25) is 24.1 Å². The van der Waals surface area contributed by atoms with Crippen molar-refractivity contribution in [1.82, 2.24) is 20.0 Å². The number of hydrogen-bond acceptors (Lipinski definition) is 8. The Labute approximate surface area is 253 Å². The molecule has 0 radical (unpaired) electrons. The molecule has 1 rings (SSSR count). The van der Waals surface area contributed by atoms with Gasteiger partial charge >= 0.3 is 5.97 Å². The van der Waals surface area contributed by atoms with Crippen LogP contribution in [0.5, 0.6) is 0 Å². The zero-order valence-electron chi connectivity index (χ0n) is 28.4. The number of amides is 3. The van der Waals surface area contributed by atoms with Crippen LogP contribution in [0.4, 0.5) is 0 Å². The zero-order chi connectivity index (χ0) is 32.5. The Morgan fingerprint density at radius 3 is 2.05 bits per heavy atom. The molecule has 0 aromatic heterocycles. The number of nitrogens with zero attached hydrogens (tertiary/aromatic N) is 3. The standard InChI is InChI=1S/C31H58N4O7/c1-14-20(4)26(34(10)28(37)25(19(2)3)32-30(39)31(6,7)33(8)9)23(40-11)18-24(36)35-17-15-16-22(35)27(41-12)21(5)29(38)42-13/h19-23,25-27H,14-18H2,1-13H3,(H,32,39)/t20?,21?,22-,23?,25?,26?,27?/m0/s1. The number of ether oxygens (including phenoxy) is 3. The molecule has 7 atom stereocenters. The first-order valence-corrected chi connectivity index (χ1v) is 15.2. The van der Waals surface area contributed by atoms with E-state index in [0.717, 1.165) is 19.3 Å². The molecule has 42 heavy (non-hydrogen) atoms. The van der Waals surface area contributed by atoms with Crippen LogP contribution in [0.3, 0.4) is 0 Å². The molecular formula is C31H58N4O7. The lowest BCUT2D eigenvalue weighted by Gasteiger charge is -2.41. The summed E-state index contributed by atoms with van der Waals surface area (Å²) in [6.07, 6.45) is 1.26. The maximum Gasteiger partial charge on any atom is 0.311 e. The van der Waals surface area contributed by atoms with Crippen LogP contribution in [-0.2, 0) is 33.4 Å². The van der Waals surface area contributed by atoms with Crippen molar-refractivity contribution < 1.29 is 33.4 Å². The SMILES string of the molecule is CCC(C)C(C(CC(=O)N1CCC[C@H]1C(OC)C(C)C(=O)OC)OC)N(C)C(=O)C(NC(=O)C(C)(C)N(C)C)C(C)C. The number of rotatable bonds is 16. The minimum absolute atomic E-state index is 0.0128. The number of methoxy groups -OCH3 is 3. The number of likely N-dealkylation sites (tertiary alicyclic amines) is 1. The van der Waals surface area contributed by atoms with Gasteiger partial charge in [0.25, 0.3) is 0 Å². The third-order valence-corrected chi connectivity index (χ3v) is 9.31. The molecular weight excluding hydrogens is 540 g/mol. The Kier molecular flexibility index (Phi) is 14.9. The zero-order valence-corrected chi connectivity index (χ0v) is 28.4. The van der Waals surface area contributed by atoms with E-state index in [1.807, 2.05) is 60.5 Å². The van der Waals surface area contributed by atoms with Gasteiger partial charge in [-0.25, -0.2) is 0 Å². The van der Waals surface area contributed by atoms with Gasteiger partial charge in [0.05, 0.1) is 49.3 Å². The Bertz CT molecular complexity index is 910. The predicted molar refractivity (Wildman–Crippen MR) is 163 cm³/mol. The minimum Gasteiger partial charge on any atom is -0.469 e. The summed E-state index contributed by atoms with van der Waals surface area (Å²) in [5, 5.41) is 2.98. The van der Waals surface area contributed by atoms with E-state index in [4.69, 9.17) is 14.2 Å². The first kappa shape index (κ1) is 37.8. The van der Waals surface area contributed by atoms with Crippen molar-refractivity contribution >= 4 is 23.7 Å². The van der Waals surface area contributed by atoms with Crippen molar-refractivity contribution in [2.45, 2.75) is 110 Å². The van der Waals surface area contributed by atoms with Gasteiger partial charge in [0.15, 0.2) is 0 Å². The molecule has 1 N–H and O–H groups in total. The van der Waals surface area contributed by atoms with Gasteiger partial charge in [-0.05, 0) is 59.5 Å². The van der Waals surface area contributed by atoms with E-state index in [0.29, 0.717) is 6.54 Å².